The van der Waals surface area contributed by atoms with Crippen LogP contribution < -0.4 is 5.32 Å². The fraction of sp³-hybridized carbons (Fsp3) is 0.294. The fourth-order valence-electron chi connectivity index (χ4n) is 2.70. The molecule has 4 nitrogen and oxygen atoms in total. The first kappa shape index (κ1) is 17.5. The van der Waals surface area contributed by atoms with E-state index in [1.807, 2.05) is 37.3 Å². The molecule has 0 aliphatic heterocycles. The smallest absolute Gasteiger partial charge is 0.345 e. The fourth-order valence-corrected chi connectivity index (χ4v) is 3.67. The summed E-state index contributed by atoms with van der Waals surface area (Å²) in [5.41, 5.74) is -0.00694. The van der Waals surface area contributed by atoms with Gasteiger partial charge in [-0.1, -0.05) is 37.3 Å². The molecule has 3 aromatic rings. The number of halogens is 3. The zero-order valence-electron chi connectivity index (χ0n) is 13.6. The molecule has 25 heavy (non-hydrogen) atoms. The number of nitrogens with one attached hydrogen (secondary N) is 1. The van der Waals surface area contributed by atoms with Gasteiger partial charge in [0.15, 0.2) is 5.69 Å². The van der Waals surface area contributed by atoms with Gasteiger partial charge < -0.3 is 5.32 Å². The molecule has 0 saturated carbocycles. The molecule has 1 amide bonds. The van der Waals surface area contributed by atoms with Crippen LogP contribution in [0.4, 0.5) is 13.2 Å². The first-order valence-corrected chi connectivity index (χ1v) is 8.52. The van der Waals surface area contributed by atoms with E-state index in [0.29, 0.717) is 11.3 Å². The van der Waals surface area contributed by atoms with Gasteiger partial charge in [0, 0.05) is 12.4 Å². The summed E-state index contributed by atoms with van der Waals surface area (Å²) in [5, 5.41) is 6.36. The molecule has 0 aliphatic rings. The molecule has 132 valence electrons. The molecule has 8 heteroatoms. The quantitative estimate of drug-likeness (QED) is 0.736. The number of hydrogen-bond acceptors (Lipinski definition) is 3. The molecule has 1 atom stereocenters. The van der Waals surface area contributed by atoms with Gasteiger partial charge in [-0.2, -0.15) is 18.3 Å². The Morgan fingerprint density at radius 2 is 2.00 bits per heavy atom. The van der Waals surface area contributed by atoms with Crippen LogP contribution in [0, 0.1) is 0 Å². The van der Waals surface area contributed by atoms with Gasteiger partial charge in [-0.25, -0.2) is 0 Å². The summed E-state index contributed by atoms with van der Waals surface area (Å²) in [6.07, 6.45) is -3.87. The van der Waals surface area contributed by atoms with Crippen molar-refractivity contribution >= 4 is 27.5 Å². The standard InChI is InChI=1S/C17H16F3N3OS/c1-3-12(10-7-5-4-6-8-10)21-15(24)13-9-11-14(17(18,19)20)22-23(2)16(11)25-13/h4-9,12H,3H2,1-2H3,(H,21,24). The van der Waals surface area contributed by atoms with E-state index < -0.39 is 11.9 Å². The van der Waals surface area contributed by atoms with Crippen molar-refractivity contribution in [3.8, 4) is 0 Å². The summed E-state index contributed by atoms with van der Waals surface area (Å²) in [7, 11) is 1.44. The molecule has 1 unspecified atom stereocenters. The van der Waals surface area contributed by atoms with Crippen LogP contribution in [-0.4, -0.2) is 15.7 Å². The number of alkyl halides is 3. The number of benzene rings is 1. The topological polar surface area (TPSA) is 46.9 Å². The number of aryl methyl sites for hydroxylation is 1. The van der Waals surface area contributed by atoms with Crippen molar-refractivity contribution in [1.29, 1.82) is 0 Å². The van der Waals surface area contributed by atoms with Crippen molar-refractivity contribution < 1.29 is 18.0 Å². The maximum atomic E-state index is 13.1. The third-order valence-electron chi connectivity index (χ3n) is 3.92. The first-order valence-electron chi connectivity index (χ1n) is 7.70. The minimum atomic E-state index is -4.55. The van der Waals surface area contributed by atoms with E-state index in [2.05, 4.69) is 10.4 Å². The first-order chi connectivity index (χ1) is 11.8. The number of rotatable bonds is 4. The van der Waals surface area contributed by atoms with Crippen molar-refractivity contribution in [1.82, 2.24) is 15.1 Å². The van der Waals surface area contributed by atoms with E-state index >= 15 is 0 Å². The average molecular weight is 367 g/mol. The molecule has 3 rings (SSSR count). The Balaban J connectivity index is 1.90. The molecule has 2 heterocycles. The molecule has 1 aromatic carbocycles. The van der Waals surface area contributed by atoms with Gasteiger partial charge in [0.25, 0.3) is 5.91 Å². The SMILES string of the molecule is CCC(NC(=O)c1cc2c(C(F)(F)F)nn(C)c2s1)c1ccccc1. The molecule has 0 aliphatic carbocycles. The van der Waals surface area contributed by atoms with Gasteiger partial charge in [-0.3, -0.25) is 9.48 Å². The van der Waals surface area contributed by atoms with Crippen LogP contribution in [-0.2, 0) is 13.2 Å². The number of carbonyl (C=O) groups is 1. The molecular weight excluding hydrogens is 351 g/mol. The number of aromatic nitrogens is 2. The zero-order chi connectivity index (χ0) is 18.2. The molecule has 0 bridgehead atoms. The lowest BCUT2D eigenvalue weighted by Gasteiger charge is -2.16. The number of amides is 1. The molecule has 2 aromatic heterocycles. The Kier molecular flexibility index (Phi) is 4.55. The van der Waals surface area contributed by atoms with Crippen LogP contribution in [0.2, 0.25) is 0 Å². The third kappa shape index (κ3) is 3.39. The average Bonchev–Trinajstić information content (AvgIpc) is 3.13. The summed E-state index contributed by atoms with van der Waals surface area (Å²) in [6.45, 7) is 1.94. The van der Waals surface area contributed by atoms with Crippen molar-refractivity contribution in [3.63, 3.8) is 0 Å². The van der Waals surface area contributed by atoms with Crippen molar-refractivity contribution in [2.45, 2.75) is 25.6 Å². The third-order valence-corrected chi connectivity index (χ3v) is 5.12. The van der Waals surface area contributed by atoms with E-state index in [-0.39, 0.29) is 22.2 Å². The second-order valence-corrected chi connectivity index (χ2v) is 6.68. The van der Waals surface area contributed by atoms with Crippen LogP contribution in [0.5, 0.6) is 0 Å². The van der Waals surface area contributed by atoms with Gasteiger partial charge in [-0.05, 0) is 18.1 Å². The summed E-state index contributed by atoms with van der Waals surface area (Å²) in [5.74, 6) is -0.384. The molecule has 0 radical (unpaired) electrons. The Morgan fingerprint density at radius 3 is 2.60 bits per heavy atom. The number of carbonyl (C=O) groups excluding carboxylic acids is 1. The van der Waals surface area contributed by atoms with Gasteiger partial charge >= 0.3 is 6.18 Å². The lowest BCUT2D eigenvalue weighted by Crippen LogP contribution is -2.27. The lowest BCUT2D eigenvalue weighted by atomic mass is 10.0. The van der Waals surface area contributed by atoms with Crippen LogP contribution >= 0.6 is 11.3 Å². The maximum Gasteiger partial charge on any atom is 0.435 e. The van der Waals surface area contributed by atoms with Crippen LogP contribution in [0.15, 0.2) is 36.4 Å². The van der Waals surface area contributed by atoms with E-state index in [1.54, 1.807) is 0 Å². The van der Waals surface area contributed by atoms with Gasteiger partial charge in [0.05, 0.1) is 10.9 Å². The predicted molar refractivity (Wildman–Crippen MR) is 90.5 cm³/mol. The molecular formula is C17H16F3N3OS. The van der Waals surface area contributed by atoms with Crippen LogP contribution in [0.1, 0.15) is 40.3 Å². The predicted octanol–water partition coefficient (Wildman–Crippen LogP) is 4.53. The Bertz CT molecular complexity index is 899. The van der Waals surface area contributed by atoms with Crippen LogP contribution in [0.3, 0.4) is 0 Å². The van der Waals surface area contributed by atoms with Gasteiger partial charge in [-0.15, -0.1) is 11.3 Å². The van der Waals surface area contributed by atoms with Gasteiger partial charge in [0.1, 0.15) is 4.83 Å². The monoisotopic (exact) mass is 367 g/mol. The summed E-state index contributed by atoms with van der Waals surface area (Å²) >= 11 is 1.01. The molecule has 1 N–H and O–H groups in total. The minimum absolute atomic E-state index is 0.0436. The van der Waals surface area contributed by atoms with E-state index in [0.717, 1.165) is 21.6 Å². The summed E-state index contributed by atoms with van der Waals surface area (Å²) in [6, 6.07) is 10.5. The van der Waals surface area contributed by atoms with Crippen molar-refractivity contribution in [2.24, 2.45) is 7.05 Å². The molecule has 0 fully saturated rings. The Morgan fingerprint density at radius 1 is 1.32 bits per heavy atom. The van der Waals surface area contributed by atoms with E-state index in [1.165, 1.54) is 13.1 Å². The highest BCUT2D eigenvalue weighted by Crippen LogP contribution is 2.37. The molecule has 0 spiro atoms. The van der Waals surface area contributed by atoms with Crippen molar-refractivity contribution in [3.05, 3.63) is 52.5 Å². The normalized spacial score (nSPS) is 13.2. The Hall–Kier alpha value is -2.35. The number of fused-ring (bicyclic) bond motifs is 1. The second kappa shape index (κ2) is 6.51. The van der Waals surface area contributed by atoms with E-state index in [9.17, 15) is 18.0 Å². The van der Waals surface area contributed by atoms with E-state index in [4.69, 9.17) is 0 Å². The van der Waals surface area contributed by atoms with Crippen molar-refractivity contribution in [2.75, 3.05) is 0 Å². The second-order valence-electron chi connectivity index (χ2n) is 5.64. The number of nitrogens with zero attached hydrogens (tertiary/aromatic N) is 2. The number of thiophene rings is 1. The Labute approximate surface area is 146 Å². The largest absolute Gasteiger partial charge is 0.435 e. The minimum Gasteiger partial charge on any atom is -0.345 e. The lowest BCUT2D eigenvalue weighted by molar-refractivity contribution is -0.140. The van der Waals surface area contributed by atoms with Gasteiger partial charge in [0.2, 0.25) is 0 Å². The highest BCUT2D eigenvalue weighted by Gasteiger charge is 2.37. The van der Waals surface area contributed by atoms with Crippen LogP contribution in [0.25, 0.3) is 10.2 Å². The zero-order valence-corrected chi connectivity index (χ0v) is 14.4. The summed E-state index contributed by atoms with van der Waals surface area (Å²) in [4.78, 5) is 13.1. The number of hydrogen-bond donors (Lipinski definition) is 1. The maximum absolute atomic E-state index is 13.1. The highest BCUT2D eigenvalue weighted by molar-refractivity contribution is 7.20. The highest BCUT2D eigenvalue weighted by atomic mass is 32.1. The molecule has 0 saturated heterocycles. The summed E-state index contributed by atoms with van der Waals surface area (Å²) < 4.78 is 40.3.